The van der Waals surface area contributed by atoms with Crippen molar-refractivity contribution >= 4 is 40.0 Å². The average molecular weight is 667 g/mol. The Kier molecular flexibility index (Phi) is 8.68. The molecule has 0 radical (unpaired) electrons. The molecule has 252 valence electrons. The van der Waals surface area contributed by atoms with Gasteiger partial charge in [-0.3, -0.25) is 19.6 Å². The predicted octanol–water partition coefficient (Wildman–Crippen LogP) is 5.96. The zero-order valence-electron chi connectivity index (χ0n) is 27.2. The number of nitrogens with one attached hydrogen (secondary N) is 3. The summed E-state index contributed by atoms with van der Waals surface area (Å²) in [7, 11) is 0. The van der Waals surface area contributed by atoms with Crippen LogP contribution in [0.25, 0.3) is 39.2 Å². The van der Waals surface area contributed by atoms with Crippen molar-refractivity contribution in [2.75, 3.05) is 49.9 Å². The molecule has 2 aliphatic rings. The maximum absolute atomic E-state index is 15.1. The lowest BCUT2D eigenvalue weighted by molar-refractivity contribution is -0.132. The molecule has 2 amide bonds. The molecule has 0 saturated carbocycles. The first kappa shape index (κ1) is 32.1. The highest BCUT2D eigenvalue weighted by molar-refractivity contribution is 6.00. The van der Waals surface area contributed by atoms with Crippen LogP contribution >= 0.6 is 0 Å². The highest BCUT2D eigenvalue weighted by Crippen LogP contribution is 2.34. The fourth-order valence-electron chi connectivity index (χ4n) is 6.48. The van der Waals surface area contributed by atoms with E-state index in [0.29, 0.717) is 68.1 Å². The topological polar surface area (TPSA) is 132 Å². The summed E-state index contributed by atoms with van der Waals surface area (Å²) < 4.78 is 34.1. The maximum atomic E-state index is 15.1. The Hall–Kier alpha value is -5.43. The zero-order valence-corrected chi connectivity index (χ0v) is 27.2. The van der Waals surface area contributed by atoms with Crippen molar-refractivity contribution in [3.8, 4) is 22.7 Å². The second kappa shape index (κ2) is 13.2. The number of aromatic amines is 1. The molecular formula is C36H36F2N8O3. The molecule has 1 fully saturated rings. The number of likely N-dealkylation sites (tertiary alicyclic amines) is 1. The third-order valence-corrected chi connectivity index (χ3v) is 9.27. The van der Waals surface area contributed by atoms with Gasteiger partial charge in [0.15, 0.2) is 0 Å². The molecule has 0 bridgehead atoms. The Bertz CT molecular complexity index is 2060. The molecule has 0 aliphatic carbocycles. The van der Waals surface area contributed by atoms with E-state index in [9.17, 15) is 14.0 Å². The Morgan fingerprint density at radius 1 is 1.02 bits per heavy atom. The van der Waals surface area contributed by atoms with Gasteiger partial charge in [-0.05, 0) is 93.4 Å². The lowest BCUT2D eigenvalue weighted by atomic mass is 9.88. The van der Waals surface area contributed by atoms with Crippen LogP contribution in [-0.4, -0.2) is 81.3 Å². The first-order valence-corrected chi connectivity index (χ1v) is 16.3. The highest BCUT2D eigenvalue weighted by atomic mass is 19.1. The van der Waals surface area contributed by atoms with Crippen LogP contribution in [0.4, 0.5) is 20.5 Å². The summed E-state index contributed by atoms with van der Waals surface area (Å²) in [6.45, 7) is 6.59. The van der Waals surface area contributed by atoms with Crippen LogP contribution in [0.1, 0.15) is 32.3 Å². The van der Waals surface area contributed by atoms with Gasteiger partial charge in [0.2, 0.25) is 17.7 Å². The summed E-state index contributed by atoms with van der Waals surface area (Å²) in [5.74, 6) is -0.624. The molecule has 2 aliphatic heterocycles. The lowest BCUT2D eigenvalue weighted by Crippen LogP contribution is -2.43. The van der Waals surface area contributed by atoms with Crippen molar-refractivity contribution in [1.82, 2.24) is 30.2 Å². The number of aromatic nitrogens is 4. The summed E-state index contributed by atoms with van der Waals surface area (Å²) >= 11 is 0. The van der Waals surface area contributed by atoms with Gasteiger partial charge in [-0.25, -0.2) is 8.78 Å². The minimum Gasteiger partial charge on any atom is -0.403 e. The number of carbonyl (C=O) groups is 2. The van der Waals surface area contributed by atoms with E-state index < -0.39 is 5.41 Å². The molecule has 7 rings (SSSR count). The van der Waals surface area contributed by atoms with Crippen molar-refractivity contribution in [3.05, 3.63) is 83.9 Å². The molecular weight excluding hydrogens is 630 g/mol. The average Bonchev–Trinajstić information content (AvgIpc) is 3.84. The molecule has 13 heteroatoms. The smallest absolute Gasteiger partial charge is 0.315 e. The van der Waals surface area contributed by atoms with E-state index in [1.807, 2.05) is 43.0 Å². The number of benzene rings is 3. The largest absolute Gasteiger partial charge is 0.403 e. The normalized spacial score (nSPS) is 18.1. The van der Waals surface area contributed by atoms with Gasteiger partial charge in [0, 0.05) is 53.9 Å². The molecule has 1 saturated heterocycles. The van der Waals surface area contributed by atoms with E-state index in [1.165, 1.54) is 18.2 Å². The summed E-state index contributed by atoms with van der Waals surface area (Å²) in [5, 5.41) is 22.1. The minimum absolute atomic E-state index is 0.0256. The van der Waals surface area contributed by atoms with Crippen molar-refractivity contribution in [3.63, 3.8) is 0 Å². The number of H-pyrrole nitrogens is 1. The fourth-order valence-corrected chi connectivity index (χ4v) is 6.48. The minimum atomic E-state index is -0.681. The van der Waals surface area contributed by atoms with Crippen molar-refractivity contribution in [2.24, 2.45) is 5.41 Å². The van der Waals surface area contributed by atoms with Gasteiger partial charge >= 0.3 is 6.01 Å². The van der Waals surface area contributed by atoms with E-state index in [1.54, 1.807) is 29.2 Å². The summed E-state index contributed by atoms with van der Waals surface area (Å²) in [5.41, 5.74) is 4.01. The molecule has 1 unspecified atom stereocenters. The summed E-state index contributed by atoms with van der Waals surface area (Å²) in [4.78, 5) is 30.6. The molecule has 11 nitrogen and oxygen atoms in total. The Labute approximate surface area is 281 Å². The van der Waals surface area contributed by atoms with E-state index in [2.05, 4.69) is 31.0 Å². The molecule has 2 aromatic heterocycles. The fraction of sp³-hybridized carbons (Fsp3) is 0.306. The van der Waals surface area contributed by atoms with E-state index in [0.717, 1.165) is 22.0 Å². The molecule has 5 aromatic rings. The van der Waals surface area contributed by atoms with Crippen molar-refractivity contribution in [1.29, 1.82) is 0 Å². The Balaban J connectivity index is 0.942. The monoisotopic (exact) mass is 666 g/mol. The number of nitrogens with zero attached hydrogens (tertiary/aromatic N) is 5. The van der Waals surface area contributed by atoms with Gasteiger partial charge in [-0.1, -0.05) is 17.2 Å². The third kappa shape index (κ3) is 6.66. The number of carbonyl (C=O) groups excluding carboxylic acids is 2. The predicted molar refractivity (Wildman–Crippen MR) is 182 cm³/mol. The van der Waals surface area contributed by atoms with Gasteiger partial charge < -0.3 is 20.0 Å². The maximum Gasteiger partial charge on any atom is 0.315 e. The standard InChI is InChI=1S/C36H36F2N8O3/c1-3-39-35-44-43-33(49-35)24-6-10-27(29(38)18-24)22-12-15-46(16-13-22)31(47)20-45-17-14-36(2,21-45)34(48)40-26-9-11-30-28(19-26)32(42-41-30)23-4-7-25(37)8-5-23/h4-12,18-19H,3,13-17,20-21H2,1-2H3,(H,39,44)(H,40,48)(H,41,42). The number of halogens is 2. The van der Waals surface area contributed by atoms with E-state index >= 15 is 4.39 Å². The van der Waals surface area contributed by atoms with Gasteiger partial charge in [-0.15, -0.1) is 5.10 Å². The van der Waals surface area contributed by atoms with Crippen LogP contribution in [0.2, 0.25) is 0 Å². The van der Waals surface area contributed by atoms with Crippen molar-refractivity contribution in [2.45, 2.75) is 26.7 Å². The van der Waals surface area contributed by atoms with Crippen LogP contribution in [0.15, 0.2) is 71.2 Å². The van der Waals surface area contributed by atoms with E-state index in [-0.39, 0.29) is 41.9 Å². The third-order valence-electron chi connectivity index (χ3n) is 9.27. The molecule has 49 heavy (non-hydrogen) atoms. The zero-order chi connectivity index (χ0) is 34.1. The molecule has 4 heterocycles. The van der Waals surface area contributed by atoms with Crippen LogP contribution in [0.5, 0.6) is 0 Å². The van der Waals surface area contributed by atoms with Crippen LogP contribution in [-0.2, 0) is 9.59 Å². The quantitative estimate of drug-likeness (QED) is 0.176. The Morgan fingerprint density at radius 3 is 2.59 bits per heavy atom. The van der Waals surface area contributed by atoms with Gasteiger partial charge in [0.1, 0.15) is 11.6 Å². The second-order valence-electron chi connectivity index (χ2n) is 12.8. The number of rotatable bonds is 9. The van der Waals surface area contributed by atoms with Gasteiger partial charge in [-0.2, -0.15) is 5.10 Å². The molecule has 1 atom stereocenters. The van der Waals surface area contributed by atoms with E-state index in [4.69, 9.17) is 4.42 Å². The Morgan fingerprint density at radius 2 is 1.84 bits per heavy atom. The molecule has 0 spiro atoms. The SMILES string of the molecule is CCNc1nnc(-c2ccc(C3=CCN(C(=O)CN4CCC(C)(C(=O)Nc5ccc6[nH]nc(-c7ccc(F)cc7)c6c5)C4)CC3)c(F)c2)o1. The van der Waals surface area contributed by atoms with Crippen LogP contribution < -0.4 is 10.6 Å². The van der Waals surface area contributed by atoms with Gasteiger partial charge in [0.25, 0.3) is 0 Å². The highest BCUT2D eigenvalue weighted by Gasteiger charge is 2.41. The number of hydrogen-bond donors (Lipinski definition) is 3. The molecule has 3 N–H and O–H groups in total. The summed E-state index contributed by atoms with van der Waals surface area (Å²) in [6.07, 6.45) is 3.03. The number of anilines is 2. The van der Waals surface area contributed by atoms with Crippen molar-refractivity contribution < 1.29 is 22.8 Å². The lowest BCUT2D eigenvalue weighted by Gasteiger charge is -2.29. The number of fused-ring (bicyclic) bond motifs is 1. The second-order valence-corrected chi connectivity index (χ2v) is 12.8. The summed E-state index contributed by atoms with van der Waals surface area (Å²) in [6, 6.07) is 16.8. The first-order chi connectivity index (χ1) is 23.7. The first-order valence-electron chi connectivity index (χ1n) is 16.3. The van der Waals surface area contributed by atoms with Crippen LogP contribution in [0.3, 0.4) is 0 Å². The number of hydrogen-bond acceptors (Lipinski definition) is 8. The number of amides is 2. The van der Waals surface area contributed by atoms with Gasteiger partial charge in [0.05, 0.1) is 23.2 Å². The van der Waals surface area contributed by atoms with Crippen LogP contribution in [0, 0.1) is 17.0 Å². The molecule has 3 aromatic carbocycles.